The maximum Gasteiger partial charge on any atom is 0.316 e. The Hall–Kier alpha value is -3.33. The molecule has 38 heavy (non-hydrogen) atoms. The third-order valence-electron chi connectivity index (χ3n) is 6.64. The summed E-state index contributed by atoms with van der Waals surface area (Å²) in [6.07, 6.45) is 8.53. The lowest BCUT2D eigenvalue weighted by atomic mass is 9.96. The van der Waals surface area contributed by atoms with Crippen LogP contribution in [0.1, 0.15) is 71.5 Å². The summed E-state index contributed by atoms with van der Waals surface area (Å²) >= 11 is 0. The Morgan fingerprint density at radius 2 is 1.84 bits per heavy atom. The highest BCUT2D eigenvalue weighted by Crippen LogP contribution is 2.28. The number of aryl methyl sites for hydroxylation is 1. The van der Waals surface area contributed by atoms with Gasteiger partial charge in [-0.15, -0.1) is 0 Å². The number of amides is 1. The lowest BCUT2D eigenvalue weighted by Gasteiger charge is -2.30. The Bertz CT molecular complexity index is 1170. The van der Waals surface area contributed by atoms with E-state index in [9.17, 15) is 4.79 Å². The fourth-order valence-corrected chi connectivity index (χ4v) is 4.44. The van der Waals surface area contributed by atoms with Crippen molar-refractivity contribution in [1.29, 1.82) is 0 Å². The van der Waals surface area contributed by atoms with Crippen LogP contribution in [0.25, 0.3) is 11.1 Å². The van der Waals surface area contributed by atoms with E-state index in [0.29, 0.717) is 38.3 Å². The van der Waals surface area contributed by atoms with Gasteiger partial charge in [0.2, 0.25) is 11.8 Å². The van der Waals surface area contributed by atoms with Crippen LogP contribution in [0.4, 0.5) is 5.69 Å². The van der Waals surface area contributed by atoms with Crippen molar-refractivity contribution in [2.45, 2.75) is 71.6 Å². The van der Waals surface area contributed by atoms with Crippen LogP contribution in [0.15, 0.2) is 41.2 Å². The number of carbonyl (C=O) groups excluding carboxylic acids is 1. The van der Waals surface area contributed by atoms with Crippen LogP contribution < -0.4 is 9.64 Å². The van der Waals surface area contributed by atoms with Gasteiger partial charge in [0.05, 0.1) is 6.61 Å². The number of benzene rings is 1. The van der Waals surface area contributed by atoms with Crippen molar-refractivity contribution in [1.82, 2.24) is 20.1 Å². The van der Waals surface area contributed by atoms with E-state index in [1.807, 2.05) is 36.1 Å². The molecular weight excluding hydrogens is 482 g/mol. The minimum Gasteiger partial charge on any atom is -0.464 e. The van der Waals surface area contributed by atoms with Gasteiger partial charge < -0.3 is 18.9 Å². The van der Waals surface area contributed by atoms with E-state index in [0.717, 1.165) is 61.2 Å². The number of hydrogen-bond acceptors (Lipinski definition) is 8. The maximum absolute atomic E-state index is 13.6. The Morgan fingerprint density at radius 3 is 2.53 bits per heavy atom. The summed E-state index contributed by atoms with van der Waals surface area (Å²) < 4.78 is 16.3. The van der Waals surface area contributed by atoms with Crippen LogP contribution in [0.3, 0.4) is 0 Å². The first kappa shape index (κ1) is 27.7. The summed E-state index contributed by atoms with van der Waals surface area (Å²) in [7, 11) is 0. The molecule has 0 aliphatic carbocycles. The van der Waals surface area contributed by atoms with E-state index in [4.69, 9.17) is 14.0 Å². The first-order valence-electron chi connectivity index (χ1n) is 13.6. The van der Waals surface area contributed by atoms with Gasteiger partial charge in [0, 0.05) is 61.2 Å². The molecule has 3 heterocycles. The number of ether oxygens (including phenoxy) is 2. The Balaban J connectivity index is 1.42. The molecule has 1 aliphatic heterocycles. The van der Waals surface area contributed by atoms with Gasteiger partial charge in [0.1, 0.15) is 0 Å². The molecule has 2 aromatic heterocycles. The number of anilines is 1. The zero-order chi connectivity index (χ0) is 27.0. The van der Waals surface area contributed by atoms with Crippen molar-refractivity contribution >= 4 is 11.6 Å². The second-order valence-electron chi connectivity index (χ2n) is 10.7. The van der Waals surface area contributed by atoms with E-state index in [-0.39, 0.29) is 17.2 Å². The molecule has 0 atom stereocenters. The Morgan fingerprint density at radius 1 is 1.08 bits per heavy atom. The van der Waals surface area contributed by atoms with E-state index >= 15 is 0 Å². The van der Waals surface area contributed by atoms with Crippen molar-refractivity contribution in [3.05, 3.63) is 48.4 Å². The van der Waals surface area contributed by atoms with Gasteiger partial charge in [0.15, 0.2) is 5.82 Å². The smallest absolute Gasteiger partial charge is 0.316 e. The van der Waals surface area contributed by atoms with Crippen molar-refractivity contribution in [2.24, 2.45) is 5.92 Å². The van der Waals surface area contributed by atoms with Gasteiger partial charge in [-0.1, -0.05) is 44.5 Å². The van der Waals surface area contributed by atoms with Gasteiger partial charge in [-0.2, -0.15) is 4.98 Å². The first-order chi connectivity index (χ1) is 18.3. The normalized spacial score (nSPS) is 14.4. The fourth-order valence-electron chi connectivity index (χ4n) is 4.44. The summed E-state index contributed by atoms with van der Waals surface area (Å²) in [5.74, 6) is 1.56. The standard InChI is InChI=1S/C29H39N5O4/c1-5-37-28-30-19-23(20-31-28)22-10-9-11-24(18-22)34(26(35)21-13-16-36-17-14-21)15-8-6-7-12-25-32-27(33-38-25)29(2,3)4/h9-11,18-21H,5-8,12-17H2,1-4H3. The Kier molecular flexibility index (Phi) is 9.44. The van der Waals surface area contributed by atoms with Crippen molar-refractivity contribution in [3.63, 3.8) is 0 Å². The topological polar surface area (TPSA) is 103 Å². The number of unbranched alkanes of at least 4 members (excludes halogenated alkanes) is 2. The molecule has 0 spiro atoms. The van der Waals surface area contributed by atoms with Crippen LogP contribution in [0.5, 0.6) is 6.01 Å². The number of aromatic nitrogens is 4. The summed E-state index contributed by atoms with van der Waals surface area (Å²) in [5.41, 5.74) is 2.60. The van der Waals surface area contributed by atoms with E-state index < -0.39 is 0 Å². The molecule has 0 saturated carbocycles. The zero-order valence-corrected chi connectivity index (χ0v) is 23.0. The summed E-state index contributed by atoms with van der Waals surface area (Å²) in [6.45, 7) is 10.6. The Labute approximate surface area is 225 Å². The molecule has 3 aromatic rings. The minimum absolute atomic E-state index is 0.0181. The SMILES string of the molecule is CCOc1ncc(-c2cccc(N(CCCCCc3nc(C(C)(C)C)no3)C(=O)C3CCOCC3)c2)cn1. The maximum atomic E-state index is 13.6. The summed E-state index contributed by atoms with van der Waals surface area (Å²) in [4.78, 5) is 28.7. The van der Waals surface area contributed by atoms with Crippen molar-refractivity contribution in [3.8, 4) is 17.1 Å². The molecule has 4 rings (SSSR count). The number of carbonyl (C=O) groups is 1. The molecule has 1 fully saturated rings. The van der Waals surface area contributed by atoms with E-state index in [1.165, 1.54) is 0 Å². The van der Waals surface area contributed by atoms with Gasteiger partial charge in [0.25, 0.3) is 0 Å². The molecule has 1 aromatic carbocycles. The lowest BCUT2D eigenvalue weighted by Crippen LogP contribution is -2.39. The third-order valence-corrected chi connectivity index (χ3v) is 6.64. The quantitative estimate of drug-likeness (QED) is 0.309. The molecular formula is C29H39N5O4. The van der Waals surface area contributed by atoms with Crippen molar-refractivity contribution < 1.29 is 18.8 Å². The number of hydrogen-bond donors (Lipinski definition) is 0. The number of rotatable bonds is 11. The molecule has 0 bridgehead atoms. The molecule has 1 saturated heterocycles. The predicted molar refractivity (Wildman–Crippen MR) is 145 cm³/mol. The molecule has 0 radical (unpaired) electrons. The van der Waals surface area contributed by atoms with E-state index in [1.54, 1.807) is 12.4 Å². The first-order valence-corrected chi connectivity index (χ1v) is 13.6. The molecule has 1 amide bonds. The molecule has 204 valence electrons. The van der Waals surface area contributed by atoms with Crippen LogP contribution in [-0.2, 0) is 21.4 Å². The average Bonchev–Trinajstić information content (AvgIpc) is 3.41. The predicted octanol–water partition coefficient (Wildman–Crippen LogP) is 5.40. The molecule has 9 nitrogen and oxygen atoms in total. The highest BCUT2D eigenvalue weighted by atomic mass is 16.5. The van der Waals surface area contributed by atoms with Gasteiger partial charge in [-0.05, 0) is 50.3 Å². The monoisotopic (exact) mass is 521 g/mol. The fraction of sp³-hybridized carbons (Fsp3) is 0.552. The van der Waals surface area contributed by atoms with E-state index in [2.05, 4.69) is 40.9 Å². The van der Waals surface area contributed by atoms with Crippen LogP contribution in [0.2, 0.25) is 0 Å². The zero-order valence-electron chi connectivity index (χ0n) is 23.0. The highest BCUT2D eigenvalue weighted by molar-refractivity contribution is 5.95. The van der Waals surface area contributed by atoms with Crippen molar-refractivity contribution in [2.75, 3.05) is 31.3 Å². The summed E-state index contributed by atoms with van der Waals surface area (Å²) in [5, 5.41) is 4.11. The van der Waals surface area contributed by atoms with Crippen LogP contribution >= 0.6 is 0 Å². The number of nitrogens with zero attached hydrogens (tertiary/aromatic N) is 5. The largest absolute Gasteiger partial charge is 0.464 e. The third kappa shape index (κ3) is 7.37. The molecule has 0 unspecified atom stereocenters. The molecule has 9 heteroatoms. The van der Waals surface area contributed by atoms with Gasteiger partial charge in [-0.25, -0.2) is 9.97 Å². The second kappa shape index (κ2) is 13.0. The van der Waals surface area contributed by atoms with Crippen LogP contribution in [0, 0.1) is 5.92 Å². The average molecular weight is 522 g/mol. The van der Waals surface area contributed by atoms with Gasteiger partial charge >= 0.3 is 6.01 Å². The van der Waals surface area contributed by atoms with Crippen LogP contribution in [-0.4, -0.2) is 52.4 Å². The summed E-state index contributed by atoms with van der Waals surface area (Å²) in [6, 6.07) is 8.40. The molecule has 1 aliphatic rings. The second-order valence-corrected chi connectivity index (χ2v) is 10.7. The minimum atomic E-state index is -0.126. The highest BCUT2D eigenvalue weighted by Gasteiger charge is 2.27. The lowest BCUT2D eigenvalue weighted by molar-refractivity contribution is -0.125. The van der Waals surface area contributed by atoms with Gasteiger partial charge in [-0.3, -0.25) is 4.79 Å². The molecule has 0 N–H and O–H groups in total.